The number of nitrogens with one attached hydrogen (secondary N) is 1. The number of carbonyl (C=O) groups is 2. The smallest absolute Gasteiger partial charge is 0.230 e. The molecule has 0 aromatic heterocycles. The molecule has 3 heteroatoms. The van der Waals surface area contributed by atoms with Gasteiger partial charge in [-0.3, -0.25) is 14.9 Å². The summed E-state index contributed by atoms with van der Waals surface area (Å²) in [5.74, 6) is -0.447. The molecule has 0 aliphatic rings. The molecule has 21 heavy (non-hydrogen) atoms. The Kier molecular flexibility index (Phi) is 5.71. The Morgan fingerprint density at radius 1 is 0.762 bits per heavy atom. The molecule has 0 saturated heterocycles. The van der Waals surface area contributed by atoms with Crippen molar-refractivity contribution in [1.29, 1.82) is 0 Å². The van der Waals surface area contributed by atoms with Crippen molar-refractivity contribution in [3.8, 4) is 0 Å². The maximum Gasteiger partial charge on any atom is 0.230 e. The molecular weight excluding hydrogens is 262 g/mol. The highest BCUT2D eigenvalue weighted by molar-refractivity contribution is 5.96. The molecule has 108 valence electrons. The van der Waals surface area contributed by atoms with Gasteiger partial charge in [0.25, 0.3) is 0 Å². The normalized spacial score (nSPS) is 10.1. The van der Waals surface area contributed by atoms with E-state index in [0.29, 0.717) is 6.42 Å². The minimum absolute atomic E-state index is 0.202. The van der Waals surface area contributed by atoms with Crippen LogP contribution in [0, 0.1) is 0 Å². The monoisotopic (exact) mass is 281 g/mol. The fourth-order valence-electron chi connectivity index (χ4n) is 2.14. The topological polar surface area (TPSA) is 46.2 Å². The molecule has 2 aromatic rings. The molecule has 3 nitrogen and oxygen atoms in total. The van der Waals surface area contributed by atoms with Gasteiger partial charge >= 0.3 is 0 Å². The van der Waals surface area contributed by atoms with Gasteiger partial charge in [-0.05, 0) is 24.0 Å². The number of aryl methyl sites for hydroxylation is 1. The van der Waals surface area contributed by atoms with Gasteiger partial charge in [0.1, 0.15) is 0 Å². The zero-order valence-corrected chi connectivity index (χ0v) is 11.9. The fourth-order valence-corrected chi connectivity index (χ4v) is 2.14. The number of benzene rings is 2. The average Bonchev–Trinajstić information content (AvgIpc) is 2.49. The third-order valence-electron chi connectivity index (χ3n) is 3.20. The Morgan fingerprint density at radius 3 is 1.95 bits per heavy atom. The molecule has 0 spiro atoms. The summed E-state index contributed by atoms with van der Waals surface area (Å²) in [6, 6.07) is 19.4. The van der Waals surface area contributed by atoms with Gasteiger partial charge < -0.3 is 0 Å². The van der Waals surface area contributed by atoms with Gasteiger partial charge in [0, 0.05) is 6.42 Å². The van der Waals surface area contributed by atoms with Crippen LogP contribution >= 0.6 is 0 Å². The van der Waals surface area contributed by atoms with E-state index in [4.69, 9.17) is 0 Å². The number of hydrogen-bond acceptors (Lipinski definition) is 2. The summed E-state index contributed by atoms with van der Waals surface area (Å²) in [4.78, 5) is 23.4. The molecule has 0 bridgehead atoms. The first-order chi connectivity index (χ1) is 10.2. The van der Waals surface area contributed by atoms with Crippen molar-refractivity contribution in [2.24, 2.45) is 0 Å². The van der Waals surface area contributed by atoms with E-state index in [-0.39, 0.29) is 18.2 Å². The van der Waals surface area contributed by atoms with Crippen LogP contribution in [0.25, 0.3) is 0 Å². The molecule has 0 atom stereocenters. The van der Waals surface area contributed by atoms with Crippen molar-refractivity contribution in [2.75, 3.05) is 0 Å². The van der Waals surface area contributed by atoms with Crippen molar-refractivity contribution >= 4 is 11.8 Å². The zero-order chi connectivity index (χ0) is 14.9. The molecule has 0 aliphatic carbocycles. The van der Waals surface area contributed by atoms with Crippen LogP contribution in [0.15, 0.2) is 60.7 Å². The molecule has 2 amide bonds. The lowest BCUT2D eigenvalue weighted by Crippen LogP contribution is -2.31. The number of imide groups is 1. The van der Waals surface area contributed by atoms with Crippen LogP contribution in [0.1, 0.15) is 24.0 Å². The minimum Gasteiger partial charge on any atom is -0.296 e. The Hall–Kier alpha value is -2.42. The van der Waals surface area contributed by atoms with Gasteiger partial charge in [-0.25, -0.2) is 0 Å². The second kappa shape index (κ2) is 8.00. The lowest BCUT2D eigenvalue weighted by Gasteiger charge is -2.04. The van der Waals surface area contributed by atoms with Crippen LogP contribution in [-0.4, -0.2) is 11.8 Å². The summed E-state index contributed by atoms with van der Waals surface area (Å²) < 4.78 is 0. The van der Waals surface area contributed by atoms with Crippen LogP contribution < -0.4 is 5.32 Å². The van der Waals surface area contributed by atoms with Gasteiger partial charge in [-0.2, -0.15) is 0 Å². The van der Waals surface area contributed by atoms with Crippen LogP contribution in [0.3, 0.4) is 0 Å². The number of hydrogen-bond donors (Lipinski definition) is 1. The van der Waals surface area contributed by atoms with E-state index in [1.54, 1.807) is 0 Å². The molecule has 0 unspecified atom stereocenters. The van der Waals surface area contributed by atoms with Gasteiger partial charge in [0.2, 0.25) is 11.8 Å². The first-order valence-electron chi connectivity index (χ1n) is 7.14. The van der Waals surface area contributed by atoms with Gasteiger partial charge in [-0.15, -0.1) is 0 Å². The summed E-state index contributed by atoms with van der Waals surface area (Å²) in [5.41, 5.74) is 2.12. The summed E-state index contributed by atoms with van der Waals surface area (Å²) in [7, 11) is 0. The Bertz CT molecular complexity index is 579. The van der Waals surface area contributed by atoms with Crippen molar-refractivity contribution < 1.29 is 9.59 Å². The third-order valence-corrected chi connectivity index (χ3v) is 3.20. The largest absolute Gasteiger partial charge is 0.296 e. The maximum atomic E-state index is 11.7. The molecule has 1 N–H and O–H groups in total. The lowest BCUT2D eigenvalue weighted by atomic mass is 10.1. The number of carbonyl (C=O) groups excluding carboxylic acids is 2. The molecule has 2 rings (SSSR count). The third kappa shape index (κ3) is 5.61. The zero-order valence-electron chi connectivity index (χ0n) is 11.9. The van der Waals surface area contributed by atoms with E-state index in [1.807, 2.05) is 60.7 Å². The predicted octanol–water partition coefficient (Wildman–Crippen LogP) is 2.89. The van der Waals surface area contributed by atoms with Gasteiger partial charge in [0.05, 0.1) is 6.42 Å². The standard InChI is InChI=1S/C18H19NO2/c20-17(13-7-12-15-8-3-1-4-9-15)19-18(21)14-16-10-5-2-6-11-16/h1-6,8-11H,7,12-14H2,(H,19,20,21). The van der Waals surface area contributed by atoms with E-state index < -0.39 is 0 Å². The second-order valence-corrected chi connectivity index (χ2v) is 4.97. The second-order valence-electron chi connectivity index (χ2n) is 4.97. The summed E-state index contributed by atoms with van der Waals surface area (Å²) in [6.07, 6.45) is 2.20. The van der Waals surface area contributed by atoms with E-state index in [0.717, 1.165) is 18.4 Å². The Morgan fingerprint density at radius 2 is 1.33 bits per heavy atom. The number of rotatable bonds is 6. The van der Waals surface area contributed by atoms with E-state index in [9.17, 15) is 9.59 Å². The van der Waals surface area contributed by atoms with Crippen LogP contribution in [0.5, 0.6) is 0 Å². The van der Waals surface area contributed by atoms with Crippen molar-refractivity contribution in [2.45, 2.75) is 25.7 Å². The van der Waals surface area contributed by atoms with E-state index >= 15 is 0 Å². The Balaban J connectivity index is 1.68. The summed E-state index contributed by atoms with van der Waals surface area (Å²) in [6.45, 7) is 0. The molecule has 0 saturated carbocycles. The van der Waals surface area contributed by atoms with E-state index in [2.05, 4.69) is 5.32 Å². The highest BCUT2D eigenvalue weighted by atomic mass is 16.2. The van der Waals surface area contributed by atoms with Crippen molar-refractivity contribution in [1.82, 2.24) is 5.32 Å². The summed E-state index contributed by atoms with van der Waals surface area (Å²) >= 11 is 0. The van der Waals surface area contributed by atoms with Crippen molar-refractivity contribution in [3.05, 3.63) is 71.8 Å². The SMILES string of the molecule is O=C(CCCc1ccccc1)NC(=O)Cc1ccccc1. The van der Waals surface area contributed by atoms with Gasteiger partial charge in [0.15, 0.2) is 0 Å². The fraction of sp³-hybridized carbons (Fsp3) is 0.222. The van der Waals surface area contributed by atoms with Crippen LogP contribution in [-0.2, 0) is 22.4 Å². The van der Waals surface area contributed by atoms with Gasteiger partial charge in [-0.1, -0.05) is 60.7 Å². The number of amides is 2. The maximum absolute atomic E-state index is 11.7. The molecule has 0 radical (unpaired) electrons. The highest BCUT2D eigenvalue weighted by Crippen LogP contribution is 2.04. The highest BCUT2D eigenvalue weighted by Gasteiger charge is 2.08. The lowest BCUT2D eigenvalue weighted by molar-refractivity contribution is -0.130. The first kappa shape index (κ1) is 15.0. The molecule has 0 aliphatic heterocycles. The first-order valence-corrected chi connectivity index (χ1v) is 7.14. The molecule has 0 fully saturated rings. The van der Waals surface area contributed by atoms with Crippen LogP contribution in [0.2, 0.25) is 0 Å². The van der Waals surface area contributed by atoms with Crippen LogP contribution in [0.4, 0.5) is 0 Å². The minimum atomic E-state index is -0.245. The predicted molar refractivity (Wildman–Crippen MR) is 82.7 cm³/mol. The quantitative estimate of drug-likeness (QED) is 0.885. The average molecular weight is 281 g/mol. The molecule has 0 heterocycles. The summed E-state index contributed by atoms with van der Waals surface area (Å²) in [5, 5.41) is 2.44. The Labute approximate surface area is 125 Å². The molecule has 2 aromatic carbocycles. The molecular formula is C18H19NO2. The van der Waals surface area contributed by atoms with E-state index in [1.165, 1.54) is 5.56 Å². The van der Waals surface area contributed by atoms with Crippen molar-refractivity contribution in [3.63, 3.8) is 0 Å².